The van der Waals surface area contributed by atoms with E-state index in [9.17, 15) is 4.79 Å². The Bertz CT molecular complexity index is 607. The first-order chi connectivity index (χ1) is 10.1. The lowest BCUT2D eigenvalue weighted by Gasteiger charge is -2.08. The molecular formula is C15H20N2O4. The van der Waals surface area contributed by atoms with E-state index < -0.39 is 5.91 Å². The van der Waals surface area contributed by atoms with Gasteiger partial charge in [-0.1, -0.05) is 18.2 Å². The van der Waals surface area contributed by atoms with Crippen molar-refractivity contribution < 1.29 is 18.7 Å². The molecule has 6 nitrogen and oxygen atoms in total. The van der Waals surface area contributed by atoms with Gasteiger partial charge in [-0.05, 0) is 19.9 Å². The molecule has 21 heavy (non-hydrogen) atoms. The van der Waals surface area contributed by atoms with Gasteiger partial charge in [0.05, 0.1) is 25.9 Å². The van der Waals surface area contributed by atoms with Gasteiger partial charge in [-0.15, -0.1) is 0 Å². The molecule has 0 saturated carbocycles. The molecule has 1 aromatic carbocycles. The third kappa shape index (κ3) is 3.81. The largest absolute Gasteiger partial charge is 0.450 e. The van der Waals surface area contributed by atoms with Crippen LogP contribution in [0.25, 0.3) is 11.0 Å². The molecule has 2 rings (SSSR count). The van der Waals surface area contributed by atoms with E-state index in [1.165, 1.54) is 0 Å². The van der Waals surface area contributed by atoms with Crippen LogP contribution in [0.1, 0.15) is 30.0 Å². The molecule has 114 valence electrons. The zero-order valence-electron chi connectivity index (χ0n) is 12.2. The number of rotatable bonds is 7. The van der Waals surface area contributed by atoms with Gasteiger partial charge in [0, 0.05) is 10.9 Å². The van der Waals surface area contributed by atoms with Crippen molar-refractivity contribution in [1.82, 2.24) is 5.43 Å². The molecule has 0 saturated heterocycles. The van der Waals surface area contributed by atoms with Gasteiger partial charge in [0.15, 0.2) is 5.76 Å². The number of amides is 1. The summed E-state index contributed by atoms with van der Waals surface area (Å²) in [6.07, 6.45) is 0.168. The molecule has 1 aromatic heterocycles. The van der Waals surface area contributed by atoms with E-state index in [2.05, 4.69) is 5.43 Å². The van der Waals surface area contributed by atoms with Crippen LogP contribution in [0.3, 0.4) is 0 Å². The standard InChI is InChI=1S/C15H20N2O4/c1-10(2)20-8-7-19-9-12-11-5-3-4-6-13(11)21-14(12)15(18)17-16/h3-6,10H,7-9,16H2,1-2H3,(H,17,18). The van der Waals surface area contributed by atoms with E-state index in [0.29, 0.717) is 24.4 Å². The Hall–Kier alpha value is -1.89. The zero-order chi connectivity index (χ0) is 15.2. The molecule has 1 heterocycles. The summed E-state index contributed by atoms with van der Waals surface area (Å²) >= 11 is 0. The van der Waals surface area contributed by atoms with Crippen molar-refractivity contribution in [2.75, 3.05) is 13.2 Å². The van der Waals surface area contributed by atoms with Crippen molar-refractivity contribution >= 4 is 16.9 Å². The number of hydrazine groups is 1. The van der Waals surface area contributed by atoms with Crippen LogP contribution in [0, 0.1) is 0 Å². The number of hydrogen-bond acceptors (Lipinski definition) is 5. The number of ether oxygens (including phenoxy) is 2. The van der Waals surface area contributed by atoms with E-state index >= 15 is 0 Å². The molecule has 0 aliphatic heterocycles. The monoisotopic (exact) mass is 292 g/mol. The van der Waals surface area contributed by atoms with E-state index in [1.807, 2.05) is 32.0 Å². The fourth-order valence-electron chi connectivity index (χ4n) is 2.01. The molecule has 0 radical (unpaired) electrons. The van der Waals surface area contributed by atoms with Crippen molar-refractivity contribution in [1.29, 1.82) is 0 Å². The third-order valence-electron chi connectivity index (χ3n) is 2.96. The Labute approximate surface area is 123 Å². The van der Waals surface area contributed by atoms with Gasteiger partial charge >= 0.3 is 5.91 Å². The number of carbonyl (C=O) groups excluding carboxylic acids is 1. The first-order valence-electron chi connectivity index (χ1n) is 6.84. The highest BCUT2D eigenvalue weighted by molar-refractivity contribution is 5.98. The van der Waals surface area contributed by atoms with Crippen LogP contribution in [0.5, 0.6) is 0 Å². The summed E-state index contributed by atoms with van der Waals surface area (Å²) < 4.78 is 16.5. The Morgan fingerprint density at radius 2 is 2.10 bits per heavy atom. The molecule has 1 amide bonds. The van der Waals surface area contributed by atoms with Gasteiger partial charge < -0.3 is 13.9 Å². The van der Waals surface area contributed by atoms with Crippen molar-refractivity contribution in [2.45, 2.75) is 26.6 Å². The highest BCUT2D eigenvalue weighted by atomic mass is 16.5. The summed E-state index contributed by atoms with van der Waals surface area (Å²) in [6.45, 7) is 5.15. The Morgan fingerprint density at radius 1 is 1.33 bits per heavy atom. The van der Waals surface area contributed by atoms with Crippen LogP contribution >= 0.6 is 0 Å². The summed E-state index contributed by atoms with van der Waals surface area (Å²) in [4.78, 5) is 11.8. The number of nitrogens with two attached hydrogens (primary N) is 1. The molecule has 0 bridgehead atoms. The number of furan rings is 1. The summed E-state index contributed by atoms with van der Waals surface area (Å²) in [7, 11) is 0. The zero-order valence-corrected chi connectivity index (χ0v) is 12.2. The minimum absolute atomic E-state index is 0.168. The Balaban J connectivity index is 2.11. The molecular weight excluding hydrogens is 272 g/mol. The lowest BCUT2D eigenvalue weighted by molar-refractivity contribution is 0.0142. The van der Waals surface area contributed by atoms with Crippen LogP contribution < -0.4 is 11.3 Å². The normalized spacial score (nSPS) is 11.2. The molecule has 0 unspecified atom stereocenters. The van der Waals surface area contributed by atoms with Gasteiger partial charge in [0.1, 0.15) is 5.58 Å². The fourth-order valence-corrected chi connectivity index (χ4v) is 2.01. The first kappa shape index (κ1) is 15.5. The molecule has 0 spiro atoms. The maximum absolute atomic E-state index is 11.8. The highest BCUT2D eigenvalue weighted by Gasteiger charge is 2.19. The van der Waals surface area contributed by atoms with E-state index in [1.54, 1.807) is 6.07 Å². The van der Waals surface area contributed by atoms with Crippen LogP contribution in [0.15, 0.2) is 28.7 Å². The van der Waals surface area contributed by atoms with Crippen molar-refractivity contribution in [3.8, 4) is 0 Å². The average molecular weight is 292 g/mol. The smallest absolute Gasteiger partial charge is 0.301 e. The summed E-state index contributed by atoms with van der Waals surface area (Å²) in [5.41, 5.74) is 3.41. The average Bonchev–Trinajstić information content (AvgIpc) is 2.85. The summed E-state index contributed by atoms with van der Waals surface area (Å²) in [6, 6.07) is 7.41. The van der Waals surface area contributed by atoms with Crippen molar-refractivity contribution in [3.05, 3.63) is 35.6 Å². The second kappa shape index (κ2) is 7.21. The van der Waals surface area contributed by atoms with Crippen LogP contribution in [-0.4, -0.2) is 25.2 Å². The number of benzene rings is 1. The topological polar surface area (TPSA) is 86.7 Å². The second-order valence-electron chi connectivity index (χ2n) is 4.85. The maximum atomic E-state index is 11.8. The minimum Gasteiger partial charge on any atom is -0.450 e. The molecule has 0 fully saturated rings. The van der Waals surface area contributed by atoms with E-state index in [4.69, 9.17) is 19.7 Å². The van der Waals surface area contributed by atoms with Gasteiger partial charge in [-0.2, -0.15) is 0 Å². The molecule has 3 N–H and O–H groups in total. The number of hydrogen-bond donors (Lipinski definition) is 2. The van der Waals surface area contributed by atoms with Gasteiger partial charge in [-0.25, -0.2) is 5.84 Å². The minimum atomic E-state index is -0.469. The maximum Gasteiger partial charge on any atom is 0.301 e. The number of fused-ring (bicyclic) bond motifs is 1. The third-order valence-corrected chi connectivity index (χ3v) is 2.96. The SMILES string of the molecule is CC(C)OCCOCc1c(C(=O)NN)oc2ccccc12. The van der Waals surface area contributed by atoms with Crippen molar-refractivity contribution in [3.63, 3.8) is 0 Å². The summed E-state index contributed by atoms with van der Waals surface area (Å²) in [5.74, 6) is 4.90. The number of nitrogen functional groups attached to an aromatic ring is 1. The fraction of sp³-hybridized carbons (Fsp3) is 0.400. The second-order valence-corrected chi connectivity index (χ2v) is 4.85. The number of carbonyl (C=O) groups is 1. The summed E-state index contributed by atoms with van der Waals surface area (Å²) in [5, 5.41) is 0.848. The Kier molecular flexibility index (Phi) is 5.32. The van der Waals surface area contributed by atoms with Crippen molar-refractivity contribution in [2.24, 2.45) is 5.84 Å². The number of para-hydroxylation sites is 1. The van der Waals surface area contributed by atoms with Gasteiger partial charge in [-0.3, -0.25) is 10.2 Å². The first-order valence-corrected chi connectivity index (χ1v) is 6.84. The lowest BCUT2D eigenvalue weighted by atomic mass is 10.1. The molecule has 0 aliphatic carbocycles. The molecule has 6 heteroatoms. The number of nitrogens with one attached hydrogen (secondary N) is 1. The molecule has 2 aromatic rings. The predicted octanol–water partition coefficient (Wildman–Crippen LogP) is 1.98. The van der Waals surface area contributed by atoms with Crippen LogP contribution in [0.4, 0.5) is 0 Å². The molecule has 0 aliphatic rings. The van der Waals surface area contributed by atoms with Crippen LogP contribution in [-0.2, 0) is 16.1 Å². The predicted molar refractivity (Wildman–Crippen MR) is 78.6 cm³/mol. The highest BCUT2D eigenvalue weighted by Crippen LogP contribution is 2.26. The van der Waals surface area contributed by atoms with E-state index in [0.717, 1.165) is 5.39 Å². The Morgan fingerprint density at radius 3 is 2.81 bits per heavy atom. The quantitative estimate of drug-likeness (QED) is 0.353. The van der Waals surface area contributed by atoms with E-state index in [-0.39, 0.29) is 18.5 Å². The van der Waals surface area contributed by atoms with Gasteiger partial charge in [0.2, 0.25) is 0 Å². The molecule has 0 atom stereocenters. The van der Waals surface area contributed by atoms with Crippen LogP contribution in [0.2, 0.25) is 0 Å². The lowest BCUT2D eigenvalue weighted by Crippen LogP contribution is -2.30. The van der Waals surface area contributed by atoms with Gasteiger partial charge in [0.25, 0.3) is 0 Å².